The first-order valence-electron chi connectivity index (χ1n) is 11.1. The second kappa shape index (κ2) is 11.7. The molecule has 2 aromatic carbocycles. The summed E-state index contributed by atoms with van der Waals surface area (Å²) in [6.45, 7) is -0.631. The molecule has 0 fully saturated rings. The standard InChI is InChI=1S/C25H21ClFN5O6/c1-37-22(34)19(33)14-32-24(35)30-23(31(25(32)36)13-15-5-7-16(26)8-6-15)28-17-9-11-18(12-10-17)38-21-4-2-3-20(27)29-21/h2-12,19,33H,13-14H2,1H3,(H,28,30,35)/t19-/m0/s1. The maximum Gasteiger partial charge on any atom is 0.336 e. The molecule has 4 rings (SSSR count). The van der Waals surface area contributed by atoms with Crippen LogP contribution in [0.15, 0.2) is 81.3 Å². The molecule has 0 saturated carbocycles. The summed E-state index contributed by atoms with van der Waals surface area (Å²) in [6.07, 6.45) is -1.73. The summed E-state index contributed by atoms with van der Waals surface area (Å²) >= 11 is 5.96. The van der Waals surface area contributed by atoms with Crippen LogP contribution in [0.2, 0.25) is 5.02 Å². The van der Waals surface area contributed by atoms with E-state index < -0.39 is 35.9 Å². The summed E-state index contributed by atoms with van der Waals surface area (Å²) in [4.78, 5) is 48.2. The molecule has 0 bridgehead atoms. The van der Waals surface area contributed by atoms with Gasteiger partial charge in [0, 0.05) is 11.1 Å². The second-order valence-electron chi connectivity index (χ2n) is 7.90. The number of aromatic nitrogens is 4. The van der Waals surface area contributed by atoms with Gasteiger partial charge in [-0.25, -0.2) is 23.9 Å². The molecule has 2 N–H and O–H groups in total. The van der Waals surface area contributed by atoms with Crippen molar-refractivity contribution in [3.63, 3.8) is 0 Å². The molecule has 13 heteroatoms. The lowest BCUT2D eigenvalue weighted by Crippen LogP contribution is -2.51. The molecule has 2 aromatic heterocycles. The lowest BCUT2D eigenvalue weighted by Gasteiger charge is -2.13. The van der Waals surface area contributed by atoms with E-state index in [-0.39, 0.29) is 18.0 Å². The Morgan fingerprint density at radius 3 is 2.47 bits per heavy atom. The summed E-state index contributed by atoms with van der Waals surface area (Å²) in [5.74, 6) is -1.25. The molecule has 0 saturated heterocycles. The van der Waals surface area contributed by atoms with E-state index in [4.69, 9.17) is 16.3 Å². The van der Waals surface area contributed by atoms with E-state index in [0.717, 1.165) is 7.11 Å². The van der Waals surface area contributed by atoms with Crippen LogP contribution in [0.4, 0.5) is 10.1 Å². The van der Waals surface area contributed by atoms with Crippen molar-refractivity contribution in [3.8, 4) is 11.6 Å². The van der Waals surface area contributed by atoms with Crippen molar-refractivity contribution in [1.82, 2.24) is 19.1 Å². The fourth-order valence-corrected chi connectivity index (χ4v) is 3.51. The second-order valence-corrected chi connectivity index (χ2v) is 8.34. The van der Waals surface area contributed by atoms with Crippen molar-refractivity contribution < 1.29 is 23.8 Å². The van der Waals surface area contributed by atoms with Gasteiger partial charge < -0.3 is 14.6 Å². The summed E-state index contributed by atoms with van der Waals surface area (Å²) in [7, 11) is 1.08. The Hall–Kier alpha value is -4.55. The van der Waals surface area contributed by atoms with Gasteiger partial charge in [-0.1, -0.05) is 29.8 Å². The van der Waals surface area contributed by atoms with Crippen LogP contribution in [-0.4, -0.2) is 43.4 Å². The van der Waals surface area contributed by atoms with Crippen LogP contribution in [0.3, 0.4) is 0 Å². The van der Waals surface area contributed by atoms with Crippen molar-refractivity contribution in [2.24, 2.45) is 4.99 Å². The number of methoxy groups -OCH3 is 1. The van der Waals surface area contributed by atoms with Crippen LogP contribution < -0.4 is 21.7 Å². The van der Waals surface area contributed by atoms with E-state index >= 15 is 0 Å². The SMILES string of the molecule is COC(=O)[C@@H](O)Cn1c(=O)[nH]/c(=N\c2ccc(Oc3cccc(F)n3)cc2)n(Cc2ccc(Cl)cc2)c1=O. The zero-order valence-corrected chi connectivity index (χ0v) is 20.6. The van der Waals surface area contributed by atoms with Crippen LogP contribution in [0, 0.1) is 5.95 Å². The fourth-order valence-electron chi connectivity index (χ4n) is 3.38. The van der Waals surface area contributed by atoms with Crippen LogP contribution in [-0.2, 0) is 22.6 Å². The first-order valence-corrected chi connectivity index (χ1v) is 11.5. The maximum absolute atomic E-state index is 13.3. The van der Waals surface area contributed by atoms with E-state index in [1.807, 2.05) is 0 Å². The lowest BCUT2D eigenvalue weighted by atomic mass is 10.2. The maximum atomic E-state index is 13.3. The Bertz CT molecular complexity index is 1630. The summed E-state index contributed by atoms with van der Waals surface area (Å²) in [5.41, 5.74) is -0.758. The zero-order valence-electron chi connectivity index (χ0n) is 19.9. The number of halogens is 2. The first kappa shape index (κ1) is 26.5. The predicted octanol–water partition coefficient (Wildman–Crippen LogP) is 2.13. The Morgan fingerprint density at radius 2 is 1.82 bits per heavy atom. The highest BCUT2D eigenvalue weighted by Crippen LogP contribution is 2.22. The van der Waals surface area contributed by atoms with E-state index in [0.29, 0.717) is 26.6 Å². The van der Waals surface area contributed by atoms with E-state index in [2.05, 4.69) is 19.7 Å². The van der Waals surface area contributed by atoms with Gasteiger partial charge in [-0.2, -0.15) is 9.37 Å². The molecule has 196 valence electrons. The van der Waals surface area contributed by atoms with Gasteiger partial charge in [0.15, 0.2) is 6.10 Å². The molecule has 2 heterocycles. The van der Waals surface area contributed by atoms with Gasteiger partial charge in [0.25, 0.3) is 0 Å². The molecule has 4 aromatic rings. The normalized spacial score (nSPS) is 12.3. The molecular formula is C25H21ClFN5O6. The van der Waals surface area contributed by atoms with Crippen molar-refractivity contribution in [2.45, 2.75) is 19.2 Å². The quantitative estimate of drug-likeness (QED) is 0.257. The Labute approximate surface area is 219 Å². The van der Waals surface area contributed by atoms with Crippen molar-refractivity contribution in [3.05, 3.63) is 110 Å². The van der Waals surface area contributed by atoms with E-state index in [9.17, 15) is 23.9 Å². The number of nitrogens with zero attached hydrogens (tertiary/aromatic N) is 4. The highest BCUT2D eigenvalue weighted by molar-refractivity contribution is 6.30. The van der Waals surface area contributed by atoms with Gasteiger partial charge in [-0.15, -0.1) is 0 Å². The number of benzene rings is 2. The third-order valence-electron chi connectivity index (χ3n) is 5.25. The Kier molecular flexibility index (Phi) is 8.14. The molecule has 0 aliphatic heterocycles. The molecular weight excluding hydrogens is 521 g/mol. The monoisotopic (exact) mass is 541 g/mol. The van der Waals surface area contributed by atoms with Crippen LogP contribution in [0.25, 0.3) is 0 Å². The number of carbonyl (C=O) groups is 1. The smallest absolute Gasteiger partial charge is 0.336 e. The summed E-state index contributed by atoms with van der Waals surface area (Å²) in [5, 5.41) is 10.5. The molecule has 0 unspecified atom stereocenters. The van der Waals surface area contributed by atoms with Gasteiger partial charge in [-0.05, 0) is 48.0 Å². The third kappa shape index (κ3) is 6.41. The van der Waals surface area contributed by atoms with Gasteiger partial charge in [-0.3, -0.25) is 9.55 Å². The molecule has 1 atom stereocenters. The first-order chi connectivity index (χ1) is 18.2. The van der Waals surface area contributed by atoms with Crippen molar-refractivity contribution in [2.75, 3.05) is 7.11 Å². The zero-order chi connectivity index (χ0) is 27.2. The molecule has 11 nitrogen and oxygen atoms in total. The highest BCUT2D eigenvalue weighted by Gasteiger charge is 2.20. The average Bonchev–Trinajstić information content (AvgIpc) is 2.90. The number of esters is 1. The third-order valence-corrected chi connectivity index (χ3v) is 5.50. The number of hydrogen-bond donors (Lipinski definition) is 2. The minimum atomic E-state index is -1.73. The number of aliphatic hydroxyl groups is 1. The van der Waals surface area contributed by atoms with Gasteiger partial charge in [0.05, 0.1) is 25.9 Å². The molecule has 38 heavy (non-hydrogen) atoms. The molecule has 0 aliphatic rings. The van der Waals surface area contributed by atoms with E-state index in [1.54, 1.807) is 48.5 Å². The van der Waals surface area contributed by atoms with Crippen molar-refractivity contribution >= 4 is 23.3 Å². The average molecular weight is 542 g/mol. The number of hydrogen-bond acceptors (Lipinski definition) is 8. The van der Waals surface area contributed by atoms with Crippen LogP contribution in [0.1, 0.15) is 5.56 Å². The minimum absolute atomic E-state index is 0.00757. The Balaban J connectivity index is 1.73. The van der Waals surface area contributed by atoms with Crippen LogP contribution >= 0.6 is 11.6 Å². The van der Waals surface area contributed by atoms with Crippen LogP contribution in [0.5, 0.6) is 11.6 Å². The van der Waals surface area contributed by atoms with Gasteiger partial charge >= 0.3 is 17.3 Å². The molecule has 0 spiro atoms. The number of H-pyrrole nitrogens is 1. The molecule has 0 amide bonds. The number of aliphatic hydroxyl groups excluding tert-OH is 1. The number of nitrogens with one attached hydrogen (secondary N) is 1. The number of rotatable bonds is 8. The lowest BCUT2D eigenvalue weighted by molar-refractivity contribution is -0.151. The molecule has 0 aliphatic carbocycles. The molecule has 0 radical (unpaired) electrons. The highest BCUT2D eigenvalue weighted by atomic mass is 35.5. The van der Waals surface area contributed by atoms with Crippen molar-refractivity contribution in [1.29, 1.82) is 0 Å². The topological polar surface area (TPSA) is 141 Å². The summed E-state index contributed by atoms with van der Waals surface area (Å²) < 4.78 is 25.1. The number of aromatic amines is 1. The minimum Gasteiger partial charge on any atom is -0.467 e. The summed E-state index contributed by atoms with van der Waals surface area (Å²) in [6, 6.07) is 17.1. The predicted molar refractivity (Wildman–Crippen MR) is 134 cm³/mol. The number of pyridine rings is 1. The number of carbonyl (C=O) groups excluding carboxylic acids is 1. The van der Waals surface area contributed by atoms with E-state index in [1.165, 1.54) is 22.8 Å². The number of ether oxygens (including phenoxy) is 2. The van der Waals surface area contributed by atoms with Gasteiger partial charge in [0.1, 0.15) is 5.75 Å². The Morgan fingerprint density at radius 1 is 1.11 bits per heavy atom. The van der Waals surface area contributed by atoms with Gasteiger partial charge in [0.2, 0.25) is 17.4 Å². The largest absolute Gasteiger partial charge is 0.467 e. The fraction of sp³-hybridized carbons (Fsp3) is 0.160.